The molecule has 1 aliphatic carbocycles. The first-order chi connectivity index (χ1) is 7.16. The van der Waals surface area contributed by atoms with E-state index in [9.17, 15) is 0 Å². The number of aromatic nitrogens is 1. The molecular weight excluding hydrogens is 188 g/mol. The van der Waals surface area contributed by atoms with Crippen LogP contribution in [0, 0.1) is 13.8 Å². The molecule has 1 fully saturated rings. The zero-order chi connectivity index (χ0) is 10.8. The summed E-state index contributed by atoms with van der Waals surface area (Å²) >= 11 is 0. The van der Waals surface area contributed by atoms with Crippen molar-refractivity contribution in [3.05, 3.63) is 22.6 Å². The summed E-state index contributed by atoms with van der Waals surface area (Å²) in [5.41, 5.74) is 3.43. The van der Waals surface area contributed by atoms with Gasteiger partial charge in [0.15, 0.2) is 0 Å². The summed E-state index contributed by atoms with van der Waals surface area (Å²) in [5, 5.41) is 7.43. The average Bonchev–Trinajstić information content (AvgIpc) is 2.98. The average molecular weight is 206 g/mol. The summed E-state index contributed by atoms with van der Waals surface area (Å²) in [6.07, 6.45) is 4.83. The molecule has 1 aliphatic rings. The highest BCUT2D eigenvalue weighted by atomic mass is 16.5. The lowest BCUT2D eigenvalue weighted by atomic mass is 10.1. The Hall–Kier alpha value is -1.09. The SMILES string of the molecule is CC(=Cc1c(C)noc1C)CNC1CC1. The minimum atomic E-state index is 0.762. The second kappa shape index (κ2) is 4.19. The van der Waals surface area contributed by atoms with Crippen LogP contribution in [0.3, 0.4) is 0 Å². The summed E-state index contributed by atoms with van der Waals surface area (Å²) in [5.74, 6) is 0.901. The topological polar surface area (TPSA) is 38.1 Å². The molecule has 82 valence electrons. The molecule has 1 N–H and O–H groups in total. The highest BCUT2D eigenvalue weighted by molar-refractivity contribution is 5.56. The molecule has 0 unspecified atom stereocenters. The van der Waals surface area contributed by atoms with E-state index in [1.807, 2.05) is 13.8 Å². The molecule has 3 nitrogen and oxygen atoms in total. The van der Waals surface area contributed by atoms with E-state index in [1.165, 1.54) is 18.4 Å². The van der Waals surface area contributed by atoms with Crippen molar-refractivity contribution < 1.29 is 4.52 Å². The summed E-state index contributed by atoms with van der Waals surface area (Å²) < 4.78 is 5.12. The van der Waals surface area contributed by atoms with Crippen molar-refractivity contribution in [1.29, 1.82) is 0 Å². The zero-order valence-electron chi connectivity index (χ0n) is 9.63. The van der Waals surface area contributed by atoms with Gasteiger partial charge in [-0.15, -0.1) is 0 Å². The molecule has 0 bridgehead atoms. The maximum absolute atomic E-state index is 5.12. The maximum Gasteiger partial charge on any atom is 0.141 e. The van der Waals surface area contributed by atoms with Crippen LogP contribution in [-0.4, -0.2) is 17.7 Å². The van der Waals surface area contributed by atoms with Gasteiger partial charge in [-0.25, -0.2) is 0 Å². The van der Waals surface area contributed by atoms with Crippen LogP contribution in [-0.2, 0) is 0 Å². The summed E-state index contributed by atoms with van der Waals surface area (Å²) in [6.45, 7) is 7.04. The molecule has 0 amide bonds. The van der Waals surface area contributed by atoms with E-state index in [1.54, 1.807) is 0 Å². The van der Waals surface area contributed by atoms with Crippen LogP contribution in [0.5, 0.6) is 0 Å². The standard InChI is InChI=1S/C12H18N2O/c1-8(7-13-11-4-5-11)6-12-9(2)14-15-10(12)3/h6,11,13H,4-5,7H2,1-3H3. The quantitative estimate of drug-likeness (QED) is 0.822. The molecule has 1 heterocycles. The minimum Gasteiger partial charge on any atom is -0.361 e. The molecule has 1 saturated carbocycles. The van der Waals surface area contributed by atoms with Crippen LogP contribution in [0.1, 0.15) is 36.8 Å². The number of rotatable bonds is 4. The van der Waals surface area contributed by atoms with Crippen LogP contribution < -0.4 is 5.32 Å². The van der Waals surface area contributed by atoms with E-state index in [0.717, 1.165) is 29.6 Å². The van der Waals surface area contributed by atoms with Gasteiger partial charge in [-0.3, -0.25) is 0 Å². The summed E-state index contributed by atoms with van der Waals surface area (Å²) in [6, 6.07) is 0.762. The van der Waals surface area contributed by atoms with Gasteiger partial charge in [0.2, 0.25) is 0 Å². The highest BCUT2D eigenvalue weighted by Crippen LogP contribution is 2.20. The Kier molecular flexibility index (Phi) is 2.91. The molecular formula is C12H18N2O. The first-order valence-corrected chi connectivity index (χ1v) is 5.50. The largest absolute Gasteiger partial charge is 0.361 e. The molecule has 0 aliphatic heterocycles. The molecule has 0 saturated heterocycles. The third-order valence-electron chi connectivity index (χ3n) is 2.73. The van der Waals surface area contributed by atoms with E-state index >= 15 is 0 Å². The van der Waals surface area contributed by atoms with Gasteiger partial charge >= 0.3 is 0 Å². The Balaban J connectivity index is 2.00. The van der Waals surface area contributed by atoms with E-state index in [-0.39, 0.29) is 0 Å². The fourth-order valence-corrected chi connectivity index (χ4v) is 1.59. The maximum atomic E-state index is 5.12. The van der Waals surface area contributed by atoms with Crippen molar-refractivity contribution in [2.75, 3.05) is 6.54 Å². The predicted molar refractivity (Wildman–Crippen MR) is 60.7 cm³/mol. The van der Waals surface area contributed by atoms with Crippen molar-refractivity contribution in [2.45, 2.75) is 39.7 Å². The van der Waals surface area contributed by atoms with Crippen LogP contribution in [0.15, 0.2) is 10.1 Å². The molecule has 0 spiro atoms. The first-order valence-electron chi connectivity index (χ1n) is 5.50. The van der Waals surface area contributed by atoms with Crippen molar-refractivity contribution in [3.63, 3.8) is 0 Å². The monoisotopic (exact) mass is 206 g/mol. The van der Waals surface area contributed by atoms with Gasteiger partial charge in [0, 0.05) is 18.2 Å². The van der Waals surface area contributed by atoms with Crippen LogP contribution in [0.4, 0.5) is 0 Å². The third kappa shape index (κ3) is 2.69. The summed E-state index contributed by atoms with van der Waals surface area (Å²) in [4.78, 5) is 0. The zero-order valence-corrected chi connectivity index (χ0v) is 9.63. The number of nitrogens with one attached hydrogen (secondary N) is 1. The van der Waals surface area contributed by atoms with Gasteiger partial charge in [0.1, 0.15) is 5.76 Å². The van der Waals surface area contributed by atoms with Crippen molar-refractivity contribution in [3.8, 4) is 0 Å². The van der Waals surface area contributed by atoms with Crippen LogP contribution in [0.2, 0.25) is 0 Å². The number of hydrogen-bond donors (Lipinski definition) is 1. The van der Waals surface area contributed by atoms with Crippen molar-refractivity contribution >= 4 is 6.08 Å². The van der Waals surface area contributed by atoms with Crippen molar-refractivity contribution in [2.24, 2.45) is 0 Å². The number of hydrogen-bond acceptors (Lipinski definition) is 3. The smallest absolute Gasteiger partial charge is 0.141 e. The Morgan fingerprint density at radius 2 is 2.27 bits per heavy atom. The predicted octanol–water partition coefficient (Wildman–Crippen LogP) is 2.45. The lowest BCUT2D eigenvalue weighted by molar-refractivity contribution is 0.393. The Morgan fingerprint density at radius 3 is 2.80 bits per heavy atom. The van der Waals surface area contributed by atoms with E-state index < -0.39 is 0 Å². The second-order valence-corrected chi connectivity index (χ2v) is 4.38. The normalized spacial score (nSPS) is 17.1. The second-order valence-electron chi connectivity index (χ2n) is 4.38. The van der Waals surface area contributed by atoms with Gasteiger partial charge in [0.25, 0.3) is 0 Å². The van der Waals surface area contributed by atoms with Crippen LogP contribution >= 0.6 is 0 Å². The molecule has 0 radical (unpaired) electrons. The molecule has 15 heavy (non-hydrogen) atoms. The van der Waals surface area contributed by atoms with Gasteiger partial charge in [-0.2, -0.15) is 0 Å². The van der Waals surface area contributed by atoms with E-state index in [4.69, 9.17) is 4.52 Å². The van der Waals surface area contributed by atoms with Gasteiger partial charge in [-0.05, 0) is 39.7 Å². The fraction of sp³-hybridized carbons (Fsp3) is 0.583. The fourth-order valence-electron chi connectivity index (χ4n) is 1.59. The number of aryl methyl sites for hydroxylation is 2. The molecule has 3 heteroatoms. The van der Waals surface area contributed by atoms with Gasteiger partial charge in [0.05, 0.1) is 5.69 Å². The first kappa shape index (κ1) is 10.4. The van der Waals surface area contributed by atoms with Gasteiger partial charge < -0.3 is 9.84 Å². The van der Waals surface area contributed by atoms with Gasteiger partial charge in [-0.1, -0.05) is 10.7 Å². The van der Waals surface area contributed by atoms with Crippen molar-refractivity contribution in [1.82, 2.24) is 10.5 Å². The highest BCUT2D eigenvalue weighted by Gasteiger charge is 2.19. The Morgan fingerprint density at radius 1 is 1.53 bits per heavy atom. The summed E-state index contributed by atoms with van der Waals surface area (Å²) in [7, 11) is 0. The Bertz CT molecular complexity index is 355. The molecule has 2 rings (SSSR count). The lowest BCUT2D eigenvalue weighted by Crippen LogP contribution is -2.18. The Labute approximate surface area is 90.5 Å². The molecule has 0 atom stereocenters. The lowest BCUT2D eigenvalue weighted by Gasteiger charge is -2.02. The van der Waals surface area contributed by atoms with E-state index in [2.05, 4.69) is 23.5 Å². The molecule has 1 aromatic heterocycles. The number of nitrogens with zero attached hydrogens (tertiary/aromatic N) is 1. The molecule has 1 aromatic rings. The molecule has 0 aromatic carbocycles. The van der Waals surface area contributed by atoms with Crippen LogP contribution in [0.25, 0.3) is 6.08 Å². The van der Waals surface area contributed by atoms with E-state index in [0.29, 0.717) is 0 Å². The third-order valence-corrected chi connectivity index (χ3v) is 2.73. The minimum absolute atomic E-state index is 0.762.